The van der Waals surface area contributed by atoms with Crippen LogP contribution in [-0.4, -0.2) is 5.33 Å². The molecule has 2 aliphatic carbocycles. The fourth-order valence-corrected chi connectivity index (χ4v) is 4.85. The predicted molar refractivity (Wildman–Crippen MR) is 56.5 cm³/mol. The standard InChI is InChI=1S/C11H19Br/c1-8(2)11(7-12)6-9-3-4-10(11)5-9/h8-10H,3-7H2,1-2H3. The molecule has 2 bridgehead atoms. The molecule has 0 radical (unpaired) electrons. The van der Waals surface area contributed by atoms with Crippen molar-refractivity contribution in [2.45, 2.75) is 39.5 Å². The smallest absolute Gasteiger partial charge is 0.00931 e. The van der Waals surface area contributed by atoms with Crippen molar-refractivity contribution in [3.8, 4) is 0 Å². The van der Waals surface area contributed by atoms with Gasteiger partial charge in [-0.15, -0.1) is 0 Å². The largest absolute Gasteiger partial charge is 0.0922 e. The highest BCUT2D eigenvalue weighted by molar-refractivity contribution is 9.09. The van der Waals surface area contributed by atoms with E-state index in [1.54, 1.807) is 0 Å². The van der Waals surface area contributed by atoms with Crippen LogP contribution in [0.2, 0.25) is 0 Å². The topological polar surface area (TPSA) is 0 Å². The third-order valence-corrected chi connectivity index (χ3v) is 5.47. The van der Waals surface area contributed by atoms with E-state index in [-0.39, 0.29) is 0 Å². The Kier molecular flexibility index (Phi) is 2.27. The van der Waals surface area contributed by atoms with Gasteiger partial charge in [0, 0.05) is 5.33 Å². The Morgan fingerprint density at radius 1 is 1.42 bits per heavy atom. The highest BCUT2D eigenvalue weighted by atomic mass is 79.9. The molecule has 3 unspecified atom stereocenters. The number of rotatable bonds is 2. The molecule has 12 heavy (non-hydrogen) atoms. The van der Waals surface area contributed by atoms with Gasteiger partial charge in [-0.25, -0.2) is 0 Å². The average molecular weight is 231 g/mol. The van der Waals surface area contributed by atoms with Crippen molar-refractivity contribution in [2.75, 3.05) is 5.33 Å². The summed E-state index contributed by atoms with van der Waals surface area (Å²) in [5.74, 6) is 2.99. The minimum Gasteiger partial charge on any atom is -0.0922 e. The number of hydrogen-bond donors (Lipinski definition) is 0. The first-order chi connectivity index (χ1) is 5.69. The molecular formula is C11H19Br. The molecule has 2 saturated carbocycles. The summed E-state index contributed by atoms with van der Waals surface area (Å²) >= 11 is 3.74. The van der Waals surface area contributed by atoms with E-state index < -0.39 is 0 Å². The van der Waals surface area contributed by atoms with Crippen LogP contribution in [-0.2, 0) is 0 Å². The molecule has 0 N–H and O–H groups in total. The number of halogens is 1. The van der Waals surface area contributed by atoms with Crippen molar-refractivity contribution in [1.82, 2.24) is 0 Å². The zero-order valence-corrected chi connectivity index (χ0v) is 9.73. The van der Waals surface area contributed by atoms with Crippen molar-refractivity contribution in [1.29, 1.82) is 0 Å². The fraction of sp³-hybridized carbons (Fsp3) is 1.00. The van der Waals surface area contributed by atoms with Crippen LogP contribution in [0.15, 0.2) is 0 Å². The Morgan fingerprint density at radius 3 is 2.42 bits per heavy atom. The van der Waals surface area contributed by atoms with Gasteiger partial charge in [0.2, 0.25) is 0 Å². The highest BCUT2D eigenvalue weighted by Crippen LogP contribution is 2.59. The van der Waals surface area contributed by atoms with Crippen LogP contribution >= 0.6 is 15.9 Å². The monoisotopic (exact) mass is 230 g/mol. The first-order valence-electron chi connectivity index (χ1n) is 5.25. The van der Waals surface area contributed by atoms with Crippen LogP contribution in [0.3, 0.4) is 0 Å². The molecule has 0 saturated heterocycles. The van der Waals surface area contributed by atoms with E-state index in [1.807, 2.05) is 0 Å². The molecule has 0 aliphatic heterocycles. The van der Waals surface area contributed by atoms with Gasteiger partial charge in [-0.2, -0.15) is 0 Å². The van der Waals surface area contributed by atoms with Gasteiger partial charge >= 0.3 is 0 Å². The third-order valence-electron chi connectivity index (χ3n) is 4.42. The maximum absolute atomic E-state index is 3.74. The Balaban J connectivity index is 2.19. The summed E-state index contributed by atoms with van der Waals surface area (Å²) in [5, 5.41) is 1.23. The quantitative estimate of drug-likeness (QED) is 0.633. The van der Waals surface area contributed by atoms with E-state index in [0.717, 1.165) is 17.8 Å². The van der Waals surface area contributed by atoms with E-state index in [9.17, 15) is 0 Å². The predicted octanol–water partition coefficient (Wildman–Crippen LogP) is 3.84. The van der Waals surface area contributed by atoms with Crippen molar-refractivity contribution < 1.29 is 0 Å². The van der Waals surface area contributed by atoms with Crippen LogP contribution in [0, 0.1) is 23.2 Å². The van der Waals surface area contributed by atoms with Crippen LogP contribution in [0.25, 0.3) is 0 Å². The van der Waals surface area contributed by atoms with Gasteiger partial charge < -0.3 is 0 Å². The minimum atomic E-state index is 0.670. The first kappa shape index (κ1) is 9.05. The lowest BCUT2D eigenvalue weighted by atomic mass is 9.67. The van der Waals surface area contributed by atoms with E-state index >= 15 is 0 Å². The lowest BCUT2D eigenvalue weighted by Crippen LogP contribution is -2.34. The maximum Gasteiger partial charge on any atom is 0.00931 e. The fourth-order valence-electron chi connectivity index (χ4n) is 3.51. The van der Waals surface area contributed by atoms with Gasteiger partial charge in [0.05, 0.1) is 0 Å². The SMILES string of the molecule is CC(C)C1(CBr)CC2CCC1C2. The molecule has 0 spiro atoms. The molecule has 0 aromatic heterocycles. The lowest BCUT2D eigenvalue weighted by molar-refractivity contribution is 0.127. The molecule has 0 heterocycles. The second kappa shape index (κ2) is 3.01. The summed E-state index contributed by atoms with van der Waals surface area (Å²) in [5.41, 5.74) is 0.670. The Bertz CT molecular complexity index is 176. The molecule has 2 fully saturated rings. The van der Waals surface area contributed by atoms with Gasteiger partial charge in [-0.3, -0.25) is 0 Å². The zero-order chi connectivity index (χ0) is 8.77. The highest BCUT2D eigenvalue weighted by Gasteiger charge is 2.51. The zero-order valence-electron chi connectivity index (χ0n) is 8.15. The van der Waals surface area contributed by atoms with Crippen LogP contribution < -0.4 is 0 Å². The maximum atomic E-state index is 3.74. The molecular weight excluding hydrogens is 212 g/mol. The summed E-state index contributed by atoms with van der Waals surface area (Å²) in [6, 6.07) is 0. The van der Waals surface area contributed by atoms with E-state index in [4.69, 9.17) is 0 Å². The van der Waals surface area contributed by atoms with Crippen molar-refractivity contribution in [2.24, 2.45) is 23.2 Å². The second-order valence-electron chi connectivity index (χ2n) is 5.10. The van der Waals surface area contributed by atoms with Gasteiger partial charge in [0.15, 0.2) is 0 Å². The average Bonchev–Trinajstić information content (AvgIpc) is 2.62. The van der Waals surface area contributed by atoms with Crippen LogP contribution in [0.1, 0.15) is 39.5 Å². The molecule has 0 aromatic rings. The Labute approximate surface area is 84.2 Å². The van der Waals surface area contributed by atoms with Gasteiger partial charge in [-0.05, 0) is 42.4 Å². The molecule has 2 aliphatic rings. The summed E-state index contributed by atoms with van der Waals surface area (Å²) < 4.78 is 0. The van der Waals surface area contributed by atoms with Gasteiger partial charge in [0.1, 0.15) is 0 Å². The molecule has 1 heteroatoms. The van der Waals surface area contributed by atoms with E-state index in [1.165, 1.54) is 31.0 Å². The first-order valence-corrected chi connectivity index (χ1v) is 6.37. The molecule has 3 atom stereocenters. The normalized spacial score (nSPS) is 46.0. The summed E-state index contributed by atoms with van der Waals surface area (Å²) in [4.78, 5) is 0. The van der Waals surface area contributed by atoms with Crippen molar-refractivity contribution in [3.05, 3.63) is 0 Å². The molecule has 2 rings (SSSR count). The summed E-state index contributed by atoms with van der Waals surface area (Å²) in [6.45, 7) is 4.81. The lowest BCUT2D eigenvalue weighted by Gasteiger charge is -2.40. The van der Waals surface area contributed by atoms with Crippen LogP contribution in [0.4, 0.5) is 0 Å². The number of hydrogen-bond acceptors (Lipinski definition) is 0. The third kappa shape index (κ3) is 1.08. The second-order valence-corrected chi connectivity index (χ2v) is 5.66. The molecule has 0 amide bonds. The van der Waals surface area contributed by atoms with Crippen molar-refractivity contribution >= 4 is 15.9 Å². The Hall–Kier alpha value is 0.480. The number of fused-ring (bicyclic) bond motifs is 2. The van der Waals surface area contributed by atoms with Crippen LogP contribution in [0.5, 0.6) is 0 Å². The number of alkyl halides is 1. The van der Waals surface area contributed by atoms with E-state index in [0.29, 0.717) is 5.41 Å². The van der Waals surface area contributed by atoms with Gasteiger partial charge in [-0.1, -0.05) is 36.2 Å². The van der Waals surface area contributed by atoms with Crippen molar-refractivity contribution in [3.63, 3.8) is 0 Å². The molecule has 0 aromatic carbocycles. The summed E-state index contributed by atoms with van der Waals surface area (Å²) in [6.07, 6.45) is 6.06. The summed E-state index contributed by atoms with van der Waals surface area (Å²) in [7, 11) is 0. The minimum absolute atomic E-state index is 0.670. The van der Waals surface area contributed by atoms with E-state index in [2.05, 4.69) is 29.8 Å². The Morgan fingerprint density at radius 2 is 2.17 bits per heavy atom. The van der Waals surface area contributed by atoms with Gasteiger partial charge in [0.25, 0.3) is 0 Å². The molecule has 0 nitrogen and oxygen atoms in total. The molecule has 70 valence electrons.